The van der Waals surface area contributed by atoms with Crippen LogP contribution in [0, 0.1) is 0 Å². The predicted molar refractivity (Wildman–Crippen MR) is 71.8 cm³/mol. The summed E-state index contributed by atoms with van der Waals surface area (Å²) in [6.07, 6.45) is 4.20. The fourth-order valence-electron chi connectivity index (χ4n) is 2.13. The molecule has 98 valence electrons. The van der Waals surface area contributed by atoms with E-state index in [0.29, 0.717) is 0 Å². The first-order valence-corrected chi connectivity index (χ1v) is 6.50. The zero-order chi connectivity index (χ0) is 13.0. The van der Waals surface area contributed by atoms with Gasteiger partial charge in [-0.1, -0.05) is 25.8 Å². The van der Waals surface area contributed by atoms with E-state index in [2.05, 4.69) is 12.2 Å². The summed E-state index contributed by atoms with van der Waals surface area (Å²) < 4.78 is 5.32. The van der Waals surface area contributed by atoms with E-state index < -0.39 is 0 Å². The van der Waals surface area contributed by atoms with Gasteiger partial charge in [-0.2, -0.15) is 0 Å². The van der Waals surface area contributed by atoms with Crippen molar-refractivity contribution >= 4 is 11.6 Å². The van der Waals surface area contributed by atoms with E-state index in [1.54, 1.807) is 0 Å². The lowest BCUT2D eigenvalue weighted by atomic mass is 10.0. The maximum atomic E-state index is 11.2. The van der Waals surface area contributed by atoms with Gasteiger partial charge in [0.1, 0.15) is 5.75 Å². The number of hydrogen-bond acceptors (Lipinski definition) is 3. The Hall–Kier alpha value is -1.55. The molecule has 2 rings (SSSR count). The molecule has 1 heterocycles. The number of hydrogen-bond donors (Lipinski definition) is 2. The molecule has 1 amide bonds. The van der Waals surface area contributed by atoms with Crippen LogP contribution in [0.25, 0.3) is 0 Å². The Kier molecular flexibility index (Phi) is 4.20. The van der Waals surface area contributed by atoms with E-state index >= 15 is 0 Å². The van der Waals surface area contributed by atoms with Crippen LogP contribution >= 0.6 is 0 Å². The quantitative estimate of drug-likeness (QED) is 0.838. The van der Waals surface area contributed by atoms with Gasteiger partial charge in [-0.3, -0.25) is 4.79 Å². The van der Waals surface area contributed by atoms with E-state index in [9.17, 15) is 4.79 Å². The number of unbranched alkanes of at least 4 members (excludes halogenated alkanes) is 1. The summed E-state index contributed by atoms with van der Waals surface area (Å²) >= 11 is 0. The second kappa shape index (κ2) is 5.87. The first kappa shape index (κ1) is 12.9. The topological polar surface area (TPSA) is 64.3 Å². The maximum Gasteiger partial charge on any atom is 0.262 e. The van der Waals surface area contributed by atoms with Gasteiger partial charge in [0.05, 0.1) is 5.69 Å². The highest BCUT2D eigenvalue weighted by molar-refractivity contribution is 5.95. The van der Waals surface area contributed by atoms with E-state index in [0.717, 1.165) is 36.3 Å². The minimum absolute atomic E-state index is 0.0996. The van der Waals surface area contributed by atoms with E-state index in [1.807, 2.05) is 18.2 Å². The molecule has 1 aliphatic rings. The Balaban J connectivity index is 2.02. The van der Waals surface area contributed by atoms with Crippen molar-refractivity contribution in [2.75, 3.05) is 11.9 Å². The van der Waals surface area contributed by atoms with Crippen LogP contribution in [0.1, 0.15) is 31.7 Å². The summed E-state index contributed by atoms with van der Waals surface area (Å²) in [5.74, 6) is 0.635. The minimum Gasteiger partial charge on any atom is -0.482 e. The molecule has 0 spiro atoms. The lowest BCUT2D eigenvalue weighted by molar-refractivity contribution is -0.118. The molecule has 1 aromatic carbocycles. The van der Waals surface area contributed by atoms with E-state index in [1.165, 1.54) is 6.42 Å². The molecule has 1 aliphatic heterocycles. The lowest BCUT2D eigenvalue weighted by Crippen LogP contribution is -2.26. The fraction of sp³-hybridized carbons (Fsp3) is 0.500. The van der Waals surface area contributed by atoms with Crippen molar-refractivity contribution in [3.63, 3.8) is 0 Å². The number of ether oxygens (including phenoxy) is 1. The van der Waals surface area contributed by atoms with Gasteiger partial charge in [0.25, 0.3) is 5.91 Å². The van der Waals surface area contributed by atoms with Crippen LogP contribution in [0.4, 0.5) is 5.69 Å². The summed E-state index contributed by atoms with van der Waals surface area (Å²) in [4.78, 5) is 11.2. The lowest BCUT2D eigenvalue weighted by Gasteiger charge is -2.19. The van der Waals surface area contributed by atoms with Gasteiger partial charge in [-0.05, 0) is 30.5 Å². The number of carbonyl (C=O) groups excluding carboxylic acids is 1. The van der Waals surface area contributed by atoms with Crippen molar-refractivity contribution in [1.29, 1.82) is 0 Å². The Morgan fingerprint density at radius 1 is 1.50 bits per heavy atom. The third kappa shape index (κ3) is 3.23. The molecule has 0 aliphatic carbocycles. The number of nitrogens with two attached hydrogens (primary N) is 1. The van der Waals surface area contributed by atoms with E-state index in [-0.39, 0.29) is 18.6 Å². The van der Waals surface area contributed by atoms with Crippen molar-refractivity contribution in [3.8, 4) is 5.75 Å². The molecule has 1 atom stereocenters. The zero-order valence-corrected chi connectivity index (χ0v) is 10.7. The second-order valence-electron chi connectivity index (χ2n) is 4.77. The van der Waals surface area contributed by atoms with Gasteiger partial charge in [-0.15, -0.1) is 0 Å². The molecule has 0 aromatic heterocycles. The molecule has 0 bridgehead atoms. The molecule has 0 fully saturated rings. The molecule has 1 unspecified atom stereocenters. The summed E-state index contributed by atoms with van der Waals surface area (Å²) in [7, 11) is 0. The molecule has 4 nitrogen and oxygen atoms in total. The number of amides is 1. The zero-order valence-electron chi connectivity index (χ0n) is 10.7. The van der Waals surface area contributed by atoms with Gasteiger partial charge in [0, 0.05) is 6.04 Å². The number of anilines is 1. The highest BCUT2D eigenvalue weighted by Gasteiger charge is 2.16. The SMILES string of the molecule is CCCCC(N)Cc1ccc2c(c1)NC(=O)CO2. The molecule has 0 saturated heterocycles. The van der Waals surface area contributed by atoms with Gasteiger partial charge >= 0.3 is 0 Å². The first-order valence-electron chi connectivity index (χ1n) is 6.50. The van der Waals surface area contributed by atoms with Crippen LogP contribution in [-0.2, 0) is 11.2 Å². The third-order valence-corrected chi connectivity index (χ3v) is 3.10. The van der Waals surface area contributed by atoms with Gasteiger partial charge in [0.15, 0.2) is 6.61 Å². The Bertz CT molecular complexity index is 432. The summed E-state index contributed by atoms with van der Waals surface area (Å²) in [5.41, 5.74) is 7.97. The number of fused-ring (bicyclic) bond motifs is 1. The smallest absolute Gasteiger partial charge is 0.262 e. The number of nitrogens with one attached hydrogen (secondary N) is 1. The Morgan fingerprint density at radius 3 is 3.11 bits per heavy atom. The summed E-state index contributed by atoms with van der Waals surface area (Å²) in [6, 6.07) is 6.06. The predicted octanol–water partition coefficient (Wildman–Crippen LogP) is 2.08. The van der Waals surface area contributed by atoms with Crippen LogP contribution in [0.15, 0.2) is 18.2 Å². The Morgan fingerprint density at radius 2 is 2.33 bits per heavy atom. The highest BCUT2D eigenvalue weighted by atomic mass is 16.5. The second-order valence-corrected chi connectivity index (χ2v) is 4.77. The van der Waals surface area contributed by atoms with Crippen molar-refractivity contribution < 1.29 is 9.53 Å². The van der Waals surface area contributed by atoms with Crippen molar-refractivity contribution in [3.05, 3.63) is 23.8 Å². The molecular formula is C14H20N2O2. The largest absolute Gasteiger partial charge is 0.482 e. The summed E-state index contributed by atoms with van der Waals surface area (Å²) in [6.45, 7) is 2.26. The molecule has 3 N–H and O–H groups in total. The van der Waals surface area contributed by atoms with Crippen LogP contribution in [0.2, 0.25) is 0 Å². The summed E-state index contributed by atoms with van der Waals surface area (Å²) in [5, 5.41) is 2.81. The third-order valence-electron chi connectivity index (χ3n) is 3.10. The van der Waals surface area contributed by atoms with Crippen LogP contribution in [0.3, 0.4) is 0 Å². The fourth-order valence-corrected chi connectivity index (χ4v) is 2.13. The van der Waals surface area contributed by atoms with Crippen molar-refractivity contribution in [1.82, 2.24) is 0 Å². The molecule has 1 aromatic rings. The first-order chi connectivity index (χ1) is 8.69. The molecule has 0 radical (unpaired) electrons. The monoisotopic (exact) mass is 248 g/mol. The van der Waals surface area contributed by atoms with Crippen molar-refractivity contribution in [2.24, 2.45) is 5.73 Å². The molecule has 4 heteroatoms. The van der Waals surface area contributed by atoms with Crippen LogP contribution < -0.4 is 15.8 Å². The average Bonchev–Trinajstić information content (AvgIpc) is 2.36. The highest BCUT2D eigenvalue weighted by Crippen LogP contribution is 2.28. The van der Waals surface area contributed by atoms with Gasteiger partial charge < -0.3 is 15.8 Å². The number of rotatable bonds is 5. The van der Waals surface area contributed by atoms with Crippen LogP contribution in [-0.4, -0.2) is 18.6 Å². The standard InChI is InChI=1S/C14H20N2O2/c1-2-3-4-11(15)7-10-5-6-13-12(8-10)16-14(17)9-18-13/h5-6,8,11H,2-4,7,9,15H2,1H3,(H,16,17). The molecular weight excluding hydrogens is 228 g/mol. The minimum atomic E-state index is -0.102. The Labute approximate surface area is 108 Å². The van der Waals surface area contributed by atoms with Gasteiger partial charge in [0.2, 0.25) is 0 Å². The number of carbonyl (C=O) groups is 1. The van der Waals surface area contributed by atoms with E-state index in [4.69, 9.17) is 10.5 Å². The normalized spacial score (nSPS) is 15.6. The average molecular weight is 248 g/mol. The molecule has 18 heavy (non-hydrogen) atoms. The van der Waals surface area contributed by atoms with Crippen molar-refractivity contribution in [2.45, 2.75) is 38.6 Å². The maximum absolute atomic E-state index is 11.2. The number of benzene rings is 1. The van der Waals surface area contributed by atoms with Crippen LogP contribution in [0.5, 0.6) is 5.75 Å². The van der Waals surface area contributed by atoms with Gasteiger partial charge in [-0.25, -0.2) is 0 Å². The molecule has 0 saturated carbocycles.